The van der Waals surface area contributed by atoms with Gasteiger partial charge in [-0.25, -0.2) is 4.79 Å². The maximum atomic E-state index is 12.4. The Hall–Kier alpha value is -2.29. The molecule has 0 bridgehead atoms. The van der Waals surface area contributed by atoms with Gasteiger partial charge in [0.05, 0.1) is 6.54 Å². The summed E-state index contributed by atoms with van der Waals surface area (Å²) >= 11 is 0. The number of imide groups is 1. The molecule has 1 aromatic carbocycles. The lowest BCUT2D eigenvalue weighted by Gasteiger charge is -2.21. The van der Waals surface area contributed by atoms with Crippen molar-refractivity contribution in [2.24, 2.45) is 0 Å². The van der Waals surface area contributed by atoms with Gasteiger partial charge >= 0.3 is 12.2 Å². The van der Waals surface area contributed by atoms with Gasteiger partial charge in [0.2, 0.25) is 5.91 Å². The summed E-state index contributed by atoms with van der Waals surface area (Å²) in [5, 5.41) is 4.89. The van der Waals surface area contributed by atoms with Gasteiger partial charge in [-0.3, -0.25) is 15.0 Å². The van der Waals surface area contributed by atoms with Gasteiger partial charge in [0.1, 0.15) is 5.75 Å². The number of hydrogen-bond donors (Lipinski definition) is 2. The number of carbonyl (C=O) groups is 2. The van der Waals surface area contributed by atoms with Crippen LogP contribution in [0.25, 0.3) is 0 Å². The summed E-state index contributed by atoms with van der Waals surface area (Å²) in [6.07, 6.45) is -4.40. The third kappa shape index (κ3) is 9.07. The van der Waals surface area contributed by atoms with Gasteiger partial charge in [0, 0.05) is 12.1 Å². The molecule has 1 aromatic rings. The number of ether oxygens (including phenoxy) is 1. The number of halogens is 3. The molecule has 0 heterocycles. The molecule has 0 unspecified atom stereocenters. The van der Waals surface area contributed by atoms with Gasteiger partial charge < -0.3 is 10.1 Å². The number of hydrogen-bond acceptors (Lipinski definition) is 4. The van der Waals surface area contributed by atoms with E-state index in [0.29, 0.717) is 17.7 Å². The van der Waals surface area contributed by atoms with Crippen LogP contribution < -0.4 is 15.4 Å². The molecule has 9 heteroatoms. The lowest BCUT2D eigenvalue weighted by Crippen LogP contribution is -2.50. The van der Waals surface area contributed by atoms with E-state index in [2.05, 4.69) is 10.6 Å². The van der Waals surface area contributed by atoms with E-state index in [0.717, 1.165) is 5.56 Å². The molecule has 0 saturated heterocycles. The van der Waals surface area contributed by atoms with Crippen LogP contribution in [0.15, 0.2) is 12.1 Å². The second-order valence-corrected chi connectivity index (χ2v) is 7.89. The number of nitrogens with zero attached hydrogens (tertiary/aromatic N) is 1. The number of amides is 3. The fourth-order valence-corrected chi connectivity index (χ4v) is 2.66. The lowest BCUT2D eigenvalue weighted by atomic mass is 10.1. The molecule has 0 spiro atoms. The largest absolute Gasteiger partial charge is 0.484 e. The predicted octanol–water partition coefficient (Wildman–Crippen LogP) is 3.30. The van der Waals surface area contributed by atoms with Gasteiger partial charge in [0.25, 0.3) is 0 Å². The SMILES string of the molecule is Cc1cc(CN(C)CC(=O)NC(=O)NC(C)(C)C)cc(C)c1OCC(F)(F)F. The average Bonchev–Trinajstić information content (AvgIpc) is 2.41. The summed E-state index contributed by atoms with van der Waals surface area (Å²) in [5.74, 6) is -0.247. The second-order valence-electron chi connectivity index (χ2n) is 7.89. The molecule has 0 aliphatic rings. The van der Waals surface area contributed by atoms with Gasteiger partial charge in [-0.15, -0.1) is 0 Å². The Balaban J connectivity index is 2.65. The van der Waals surface area contributed by atoms with Crippen molar-refractivity contribution in [1.82, 2.24) is 15.5 Å². The topological polar surface area (TPSA) is 70.7 Å². The molecule has 1 rings (SSSR count). The molecule has 0 aromatic heterocycles. The molecule has 0 fully saturated rings. The smallest absolute Gasteiger partial charge is 0.422 e. The molecular formula is C19H28F3N3O3. The van der Waals surface area contributed by atoms with E-state index in [1.54, 1.807) is 58.7 Å². The highest BCUT2D eigenvalue weighted by Crippen LogP contribution is 2.27. The van der Waals surface area contributed by atoms with Crippen LogP contribution in [0.3, 0.4) is 0 Å². The Morgan fingerprint density at radius 3 is 2.11 bits per heavy atom. The number of alkyl halides is 3. The molecule has 3 amide bonds. The van der Waals surface area contributed by atoms with E-state index < -0.39 is 30.3 Å². The van der Waals surface area contributed by atoms with E-state index in [4.69, 9.17) is 4.74 Å². The van der Waals surface area contributed by atoms with Gasteiger partial charge in [-0.05, 0) is 58.4 Å². The molecule has 0 aliphatic heterocycles. The van der Waals surface area contributed by atoms with Crippen LogP contribution in [-0.2, 0) is 11.3 Å². The normalized spacial score (nSPS) is 12.1. The summed E-state index contributed by atoms with van der Waals surface area (Å²) in [6.45, 7) is 7.78. The van der Waals surface area contributed by atoms with E-state index in [1.165, 1.54) is 0 Å². The number of benzene rings is 1. The summed E-state index contributed by atoms with van der Waals surface area (Å²) in [7, 11) is 1.71. The molecule has 0 aliphatic carbocycles. The maximum absolute atomic E-state index is 12.4. The zero-order valence-electron chi connectivity index (χ0n) is 17.1. The van der Waals surface area contributed by atoms with Crippen LogP contribution in [-0.4, -0.2) is 48.8 Å². The highest BCUT2D eigenvalue weighted by Gasteiger charge is 2.29. The number of nitrogens with one attached hydrogen (secondary N) is 2. The molecule has 28 heavy (non-hydrogen) atoms. The second kappa shape index (κ2) is 9.27. The minimum absolute atomic E-state index is 0.0119. The first-order chi connectivity index (χ1) is 12.7. The number of urea groups is 1. The molecule has 0 radical (unpaired) electrons. The number of aryl methyl sites for hydroxylation is 2. The predicted molar refractivity (Wildman–Crippen MR) is 100 cm³/mol. The molecule has 158 valence electrons. The van der Waals surface area contributed by atoms with Crippen molar-refractivity contribution in [3.8, 4) is 5.75 Å². The quantitative estimate of drug-likeness (QED) is 0.765. The minimum atomic E-state index is -4.40. The van der Waals surface area contributed by atoms with Gasteiger partial charge in [-0.2, -0.15) is 13.2 Å². The molecule has 0 atom stereocenters. The third-order valence-electron chi connectivity index (χ3n) is 3.51. The standard InChI is InChI=1S/C19H28F3N3O3/c1-12-7-14(8-13(2)16(12)28-11-19(20,21)22)9-25(6)10-15(26)23-17(27)24-18(3,4)5/h7-8H,9-11H2,1-6H3,(H2,23,24,26,27). The summed E-state index contributed by atoms with van der Waals surface area (Å²) < 4.78 is 42.0. The number of carbonyl (C=O) groups excluding carboxylic acids is 2. The fourth-order valence-electron chi connectivity index (χ4n) is 2.66. The van der Waals surface area contributed by atoms with Crippen LogP contribution >= 0.6 is 0 Å². The number of rotatable bonds is 6. The zero-order valence-corrected chi connectivity index (χ0v) is 17.1. The average molecular weight is 403 g/mol. The first kappa shape index (κ1) is 23.7. The summed E-state index contributed by atoms with van der Waals surface area (Å²) in [5.41, 5.74) is 1.54. The number of likely N-dealkylation sites (N-methyl/N-ethyl adjacent to an activating group) is 1. The van der Waals surface area contributed by atoms with Crippen molar-refractivity contribution in [2.45, 2.75) is 52.9 Å². The Bertz CT molecular complexity index is 690. The van der Waals surface area contributed by atoms with Crippen molar-refractivity contribution in [3.63, 3.8) is 0 Å². The lowest BCUT2D eigenvalue weighted by molar-refractivity contribution is -0.153. The van der Waals surface area contributed by atoms with E-state index in [-0.39, 0.29) is 12.3 Å². The van der Waals surface area contributed by atoms with Crippen LogP contribution in [0.2, 0.25) is 0 Å². The van der Waals surface area contributed by atoms with Crippen molar-refractivity contribution in [1.29, 1.82) is 0 Å². The highest BCUT2D eigenvalue weighted by atomic mass is 19.4. The maximum Gasteiger partial charge on any atom is 0.422 e. The molecular weight excluding hydrogens is 375 g/mol. The van der Waals surface area contributed by atoms with Crippen molar-refractivity contribution in [3.05, 3.63) is 28.8 Å². The Morgan fingerprint density at radius 2 is 1.64 bits per heavy atom. The Morgan fingerprint density at radius 1 is 1.11 bits per heavy atom. The van der Waals surface area contributed by atoms with Crippen LogP contribution in [0.1, 0.15) is 37.5 Å². The third-order valence-corrected chi connectivity index (χ3v) is 3.51. The first-order valence-electron chi connectivity index (χ1n) is 8.76. The van der Waals surface area contributed by atoms with Crippen molar-refractivity contribution in [2.75, 3.05) is 20.2 Å². The molecule has 2 N–H and O–H groups in total. The first-order valence-corrected chi connectivity index (χ1v) is 8.76. The van der Waals surface area contributed by atoms with Crippen LogP contribution in [0.4, 0.5) is 18.0 Å². The Kier molecular flexibility index (Phi) is 7.86. The van der Waals surface area contributed by atoms with Crippen LogP contribution in [0.5, 0.6) is 5.75 Å². The summed E-state index contributed by atoms with van der Waals surface area (Å²) in [6, 6.07) is 2.88. The summed E-state index contributed by atoms with van der Waals surface area (Å²) in [4.78, 5) is 25.4. The molecule has 0 saturated carbocycles. The van der Waals surface area contributed by atoms with Gasteiger partial charge in [0.15, 0.2) is 6.61 Å². The molecule has 6 nitrogen and oxygen atoms in total. The monoisotopic (exact) mass is 403 g/mol. The van der Waals surface area contributed by atoms with E-state index >= 15 is 0 Å². The highest BCUT2D eigenvalue weighted by molar-refractivity contribution is 5.95. The Labute approximate surface area is 163 Å². The zero-order chi connectivity index (χ0) is 21.7. The van der Waals surface area contributed by atoms with E-state index in [9.17, 15) is 22.8 Å². The van der Waals surface area contributed by atoms with E-state index in [1.807, 2.05) is 0 Å². The van der Waals surface area contributed by atoms with Crippen molar-refractivity contribution >= 4 is 11.9 Å². The minimum Gasteiger partial charge on any atom is -0.484 e. The van der Waals surface area contributed by atoms with Gasteiger partial charge in [-0.1, -0.05) is 12.1 Å². The van der Waals surface area contributed by atoms with Crippen LogP contribution in [0, 0.1) is 13.8 Å². The fraction of sp³-hybridized carbons (Fsp3) is 0.579. The van der Waals surface area contributed by atoms with Crippen molar-refractivity contribution < 1.29 is 27.5 Å².